The summed E-state index contributed by atoms with van der Waals surface area (Å²) in [5, 5.41) is 8.77. The first kappa shape index (κ1) is 11.4. The summed E-state index contributed by atoms with van der Waals surface area (Å²) in [6.45, 7) is 6.05. The summed E-state index contributed by atoms with van der Waals surface area (Å²) >= 11 is 0. The van der Waals surface area contributed by atoms with E-state index in [-0.39, 0.29) is 11.2 Å². The summed E-state index contributed by atoms with van der Waals surface area (Å²) in [5.41, 5.74) is -0.158. The molecule has 0 aromatic carbocycles. The Labute approximate surface area is 88.8 Å². The second-order valence-corrected chi connectivity index (χ2v) is 4.30. The molecule has 5 nitrogen and oxygen atoms in total. The molecule has 0 atom stereocenters. The first-order valence-corrected chi connectivity index (χ1v) is 4.61. The number of carboxylic acid groups (broad SMARTS) is 1. The summed E-state index contributed by atoms with van der Waals surface area (Å²) in [5.74, 6) is -0.506. The van der Waals surface area contributed by atoms with Crippen LogP contribution in [-0.4, -0.2) is 33.6 Å². The molecule has 1 N–H and O–H groups in total. The van der Waals surface area contributed by atoms with Gasteiger partial charge in [0.05, 0.1) is 12.4 Å². The molecule has 5 heteroatoms. The Balaban J connectivity index is 3.06. The van der Waals surface area contributed by atoms with Crippen LogP contribution in [0.3, 0.4) is 0 Å². The number of rotatable bonds is 2. The Hall–Kier alpha value is -1.65. The topological polar surface area (TPSA) is 66.3 Å². The van der Waals surface area contributed by atoms with Crippen molar-refractivity contribution in [3.63, 3.8) is 0 Å². The maximum Gasteiger partial charge on any atom is 0.356 e. The average molecular weight is 209 g/mol. The lowest BCUT2D eigenvalue weighted by Gasteiger charge is -2.32. The minimum atomic E-state index is -1.06. The number of carboxylic acids is 1. The van der Waals surface area contributed by atoms with Gasteiger partial charge in [-0.3, -0.25) is 4.98 Å². The lowest BCUT2D eigenvalue weighted by molar-refractivity contribution is 0.0690. The van der Waals surface area contributed by atoms with Gasteiger partial charge >= 0.3 is 5.97 Å². The van der Waals surface area contributed by atoms with Crippen molar-refractivity contribution in [1.82, 2.24) is 9.97 Å². The molecule has 1 aromatic heterocycles. The molecule has 1 rings (SSSR count). The highest BCUT2D eigenvalue weighted by atomic mass is 16.4. The molecular weight excluding hydrogens is 194 g/mol. The fourth-order valence-corrected chi connectivity index (χ4v) is 0.964. The second kappa shape index (κ2) is 3.84. The van der Waals surface area contributed by atoms with Gasteiger partial charge in [-0.05, 0) is 20.8 Å². The maximum absolute atomic E-state index is 10.7. The summed E-state index contributed by atoms with van der Waals surface area (Å²) in [6.07, 6.45) is 2.79. The van der Waals surface area contributed by atoms with E-state index in [1.807, 2.05) is 32.7 Å². The van der Waals surface area contributed by atoms with Crippen LogP contribution < -0.4 is 4.90 Å². The van der Waals surface area contributed by atoms with Crippen LogP contribution in [0.1, 0.15) is 31.3 Å². The van der Waals surface area contributed by atoms with Gasteiger partial charge in [-0.15, -0.1) is 0 Å². The van der Waals surface area contributed by atoms with Crippen LogP contribution in [0.25, 0.3) is 0 Å². The normalized spacial score (nSPS) is 11.2. The van der Waals surface area contributed by atoms with Crippen molar-refractivity contribution < 1.29 is 9.90 Å². The minimum absolute atomic E-state index is 0.0383. The number of hydrogen-bond donors (Lipinski definition) is 1. The van der Waals surface area contributed by atoms with Crippen molar-refractivity contribution in [2.75, 3.05) is 11.9 Å². The van der Waals surface area contributed by atoms with Crippen molar-refractivity contribution in [3.05, 3.63) is 18.1 Å². The fourth-order valence-electron chi connectivity index (χ4n) is 0.964. The predicted molar refractivity (Wildman–Crippen MR) is 57.1 cm³/mol. The molecule has 0 aliphatic rings. The number of anilines is 1. The van der Waals surface area contributed by atoms with E-state index in [0.717, 1.165) is 0 Å². The number of aromatic carboxylic acids is 1. The van der Waals surface area contributed by atoms with Gasteiger partial charge in [0.25, 0.3) is 0 Å². The van der Waals surface area contributed by atoms with Gasteiger partial charge in [-0.2, -0.15) is 0 Å². The molecular formula is C10H15N3O2. The highest BCUT2D eigenvalue weighted by Gasteiger charge is 2.19. The quantitative estimate of drug-likeness (QED) is 0.797. The molecule has 0 aliphatic carbocycles. The van der Waals surface area contributed by atoms with Gasteiger partial charge in [0.2, 0.25) is 0 Å². The molecule has 0 radical (unpaired) electrons. The molecule has 15 heavy (non-hydrogen) atoms. The zero-order valence-electron chi connectivity index (χ0n) is 9.35. The molecule has 0 fully saturated rings. The van der Waals surface area contributed by atoms with Crippen LogP contribution >= 0.6 is 0 Å². The molecule has 1 heterocycles. The maximum atomic E-state index is 10.7. The molecule has 0 aliphatic heterocycles. The highest BCUT2D eigenvalue weighted by molar-refractivity contribution is 5.85. The smallest absolute Gasteiger partial charge is 0.356 e. The van der Waals surface area contributed by atoms with Crippen LogP contribution in [0, 0.1) is 0 Å². The van der Waals surface area contributed by atoms with Gasteiger partial charge < -0.3 is 10.0 Å². The third-order valence-corrected chi connectivity index (χ3v) is 2.19. The fraction of sp³-hybridized carbons (Fsp3) is 0.500. The third-order valence-electron chi connectivity index (χ3n) is 2.19. The van der Waals surface area contributed by atoms with Crippen molar-refractivity contribution in [2.24, 2.45) is 0 Å². The van der Waals surface area contributed by atoms with Gasteiger partial charge in [-0.1, -0.05) is 0 Å². The number of aromatic nitrogens is 2. The molecule has 0 bridgehead atoms. The van der Waals surface area contributed by atoms with Gasteiger partial charge in [0, 0.05) is 12.6 Å². The molecule has 0 saturated carbocycles. The SMILES string of the molecule is CN(c1cncc(C(=O)O)n1)C(C)(C)C. The predicted octanol–water partition coefficient (Wildman–Crippen LogP) is 1.41. The van der Waals surface area contributed by atoms with Gasteiger partial charge in [0.1, 0.15) is 5.82 Å². The van der Waals surface area contributed by atoms with Crippen molar-refractivity contribution in [2.45, 2.75) is 26.3 Å². The summed E-state index contributed by atoms with van der Waals surface area (Å²) in [7, 11) is 1.86. The van der Waals surface area contributed by atoms with E-state index in [4.69, 9.17) is 5.11 Å². The molecule has 0 amide bonds. The Morgan fingerprint density at radius 1 is 1.40 bits per heavy atom. The molecule has 0 saturated heterocycles. The van der Waals surface area contributed by atoms with E-state index >= 15 is 0 Å². The van der Waals surface area contributed by atoms with Crippen LogP contribution in [0.15, 0.2) is 12.4 Å². The first-order chi connectivity index (χ1) is 6.82. The van der Waals surface area contributed by atoms with E-state index in [1.165, 1.54) is 6.20 Å². The standard InChI is InChI=1S/C10H15N3O2/c1-10(2,3)13(4)8-6-11-5-7(12-8)9(14)15/h5-6H,1-4H3,(H,14,15). The summed E-state index contributed by atoms with van der Waals surface area (Å²) in [4.78, 5) is 20.4. The number of hydrogen-bond acceptors (Lipinski definition) is 4. The molecule has 0 spiro atoms. The molecule has 0 unspecified atom stereocenters. The van der Waals surface area contributed by atoms with Crippen molar-refractivity contribution >= 4 is 11.8 Å². The summed E-state index contributed by atoms with van der Waals surface area (Å²) in [6, 6.07) is 0. The van der Waals surface area contributed by atoms with Crippen LogP contribution in [-0.2, 0) is 0 Å². The minimum Gasteiger partial charge on any atom is -0.476 e. The van der Waals surface area contributed by atoms with E-state index in [9.17, 15) is 4.79 Å². The van der Waals surface area contributed by atoms with E-state index in [2.05, 4.69) is 9.97 Å². The third kappa shape index (κ3) is 2.65. The summed E-state index contributed by atoms with van der Waals surface area (Å²) < 4.78 is 0. The Morgan fingerprint density at radius 2 is 2.00 bits per heavy atom. The Bertz CT molecular complexity index is 371. The molecule has 1 aromatic rings. The first-order valence-electron chi connectivity index (χ1n) is 4.61. The van der Waals surface area contributed by atoms with Crippen LogP contribution in [0.4, 0.5) is 5.82 Å². The van der Waals surface area contributed by atoms with Crippen molar-refractivity contribution in [1.29, 1.82) is 0 Å². The molecule has 82 valence electrons. The average Bonchev–Trinajstić information content (AvgIpc) is 2.15. The Morgan fingerprint density at radius 3 is 2.47 bits per heavy atom. The van der Waals surface area contributed by atoms with E-state index in [1.54, 1.807) is 6.20 Å². The monoisotopic (exact) mass is 209 g/mol. The number of carbonyl (C=O) groups is 1. The van der Waals surface area contributed by atoms with Crippen molar-refractivity contribution in [3.8, 4) is 0 Å². The lowest BCUT2D eigenvalue weighted by Crippen LogP contribution is -2.38. The Kier molecular flexibility index (Phi) is 2.93. The number of nitrogens with zero attached hydrogens (tertiary/aromatic N) is 3. The zero-order valence-corrected chi connectivity index (χ0v) is 9.35. The van der Waals surface area contributed by atoms with Crippen LogP contribution in [0.2, 0.25) is 0 Å². The van der Waals surface area contributed by atoms with Crippen LogP contribution in [0.5, 0.6) is 0 Å². The highest BCUT2D eigenvalue weighted by Crippen LogP contribution is 2.18. The second-order valence-electron chi connectivity index (χ2n) is 4.30. The largest absolute Gasteiger partial charge is 0.476 e. The van der Waals surface area contributed by atoms with E-state index in [0.29, 0.717) is 5.82 Å². The van der Waals surface area contributed by atoms with Gasteiger partial charge in [-0.25, -0.2) is 9.78 Å². The lowest BCUT2D eigenvalue weighted by atomic mass is 10.1. The van der Waals surface area contributed by atoms with Gasteiger partial charge in [0.15, 0.2) is 5.69 Å². The zero-order chi connectivity index (χ0) is 11.6. The van der Waals surface area contributed by atoms with E-state index < -0.39 is 5.97 Å².